The van der Waals surface area contributed by atoms with Crippen LogP contribution in [0.3, 0.4) is 0 Å². The first kappa shape index (κ1) is 14.9. The summed E-state index contributed by atoms with van der Waals surface area (Å²) in [7, 11) is 0. The zero-order valence-corrected chi connectivity index (χ0v) is 13.0. The molecule has 2 aromatic rings. The summed E-state index contributed by atoms with van der Waals surface area (Å²) in [6.07, 6.45) is 3.63. The van der Waals surface area contributed by atoms with Crippen LogP contribution in [0.2, 0.25) is 5.02 Å². The van der Waals surface area contributed by atoms with E-state index in [1.165, 1.54) is 24.0 Å². The summed E-state index contributed by atoms with van der Waals surface area (Å²) in [4.78, 5) is 0. The lowest BCUT2D eigenvalue weighted by Crippen LogP contribution is -1.89. The SMILES string of the molecule is C=C(C)c1ccc(Cl)cc1-c1ccc(CCCC)cc1. The molecule has 0 nitrogen and oxygen atoms in total. The number of unbranched alkanes of at least 4 members (excludes halogenated alkanes) is 1. The van der Waals surface area contributed by atoms with Crippen LogP contribution in [0.25, 0.3) is 16.7 Å². The summed E-state index contributed by atoms with van der Waals surface area (Å²) >= 11 is 6.14. The molecule has 20 heavy (non-hydrogen) atoms. The molecule has 0 aliphatic carbocycles. The molecule has 0 atom stereocenters. The van der Waals surface area contributed by atoms with Gasteiger partial charge in [-0.05, 0) is 54.2 Å². The van der Waals surface area contributed by atoms with E-state index in [2.05, 4.69) is 37.8 Å². The van der Waals surface area contributed by atoms with Gasteiger partial charge in [-0.15, -0.1) is 0 Å². The Balaban J connectivity index is 2.36. The van der Waals surface area contributed by atoms with E-state index in [0.717, 1.165) is 28.1 Å². The second kappa shape index (κ2) is 6.76. The molecule has 0 aliphatic rings. The number of allylic oxidation sites excluding steroid dienone is 1. The maximum absolute atomic E-state index is 6.14. The molecule has 2 rings (SSSR count). The Labute approximate surface area is 127 Å². The van der Waals surface area contributed by atoms with Crippen LogP contribution in [0.15, 0.2) is 49.0 Å². The van der Waals surface area contributed by atoms with Gasteiger partial charge in [0, 0.05) is 5.02 Å². The fourth-order valence-corrected chi connectivity index (χ4v) is 2.53. The second-order valence-electron chi connectivity index (χ2n) is 5.27. The lowest BCUT2D eigenvalue weighted by molar-refractivity contribution is 0.795. The van der Waals surface area contributed by atoms with Crippen molar-refractivity contribution < 1.29 is 0 Å². The molecular formula is C19H21Cl. The Morgan fingerprint density at radius 2 is 1.80 bits per heavy atom. The molecule has 0 bridgehead atoms. The van der Waals surface area contributed by atoms with E-state index in [1.54, 1.807) is 0 Å². The van der Waals surface area contributed by atoms with E-state index in [1.807, 2.05) is 25.1 Å². The lowest BCUT2D eigenvalue weighted by atomic mass is 9.95. The third kappa shape index (κ3) is 3.52. The van der Waals surface area contributed by atoms with Crippen molar-refractivity contribution in [3.63, 3.8) is 0 Å². The number of rotatable bonds is 5. The van der Waals surface area contributed by atoms with Crippen LogP contribution in [0, 0.1) is 0 Å². The first-order chi connectivity index (χ1) is 9.61. The van der Waals surface area contributed by atoms with Crippen molar-refractivity contribution in [2.75, 3.05) is 0 Å². The summed E-state index contributed by atoms with van der Waals surface area (Å²) in [5.41, 5.74) is 5.98. The molecule has 0 radical (unpaired) electrons. The molecule has 0 saturated heterocycles. The maximum Gasteiger partial charge on any atom is 0.0412 e. The van der Waals surface area contributed by atoms with Crippen LogP contribution in [-0.4, -0.2) is 0 Å². The highest BCUT2D eigenvalue weighted by Gasteiger charge is 2.07. The van der Waals surface area contributed by atoms with Gasteiger partial charge in [-0.2, -0.15) is 0 Å². The van der Waals surface area contributed by atoms with Crippen LogP contribution in [0.1, 0.15) is 37.8 Å². The fraction of sp³-hybridized carbons (Fsp3) is 0.263. The molecule has 2 aromatic carbocycles. The monoisotopic (exact) mass is 284 g/mol. The molecule has 0 spiro atoms. The molecule has 0 saturated carbocycles. The quantitative estimate of drug-likeness (QED) is 0.597. The van der Waals surface area contributed by atoms with Gasteiger partial charge >= 0.3 is 0 Å². The van der Waals surface area contributed by atoms with Crippen LogP contribution in [-0.2, 0) is 6.42 Å². The van der Waals surface area contributed by atoms with E-state index < -0.39 is 0 Å². The average molecular weight is 285 g/mol. The Morgan fingerprint density at radius 3 is 2.40 bits per heavy atom. The zero-order valence-electron chi connectivity index (χ0n) is 12.2. The van der Waals surface area contributed by atoms with Gasteiger partial charge in [0.1, 0.15) is 0 Å². The number of aryl methyl sites for hydroxylation is 1. The standard InChI is InChI=1S/C19H21Cl/c1-4-5-6-15-7-9-16(10-8-15)19-13-17(20)11-12-18(19)14(2)3/h7-13H,2,4-6H2,1,3H3. The third-order valence-electron chi connectivity index (χ3n) is 3.53. The third-order valence-corrected chi connectivity index (χ3v) is 3.76. The molecule has 0 aromatic heterocycles. The van der Waals surface area contributed by atoms with Crippen molar-refractivity contribution in [2.24, 2.45) is 0 Å². The van der Waals surface area contributed by atoms with Gasteiger partial charge in [0.2, 0.25) is 0 Å². The molecule has 0 unspecified atom stereocenters. The van der Waals surface area contributed by atoms with E-state index >= 15 is 0 Å². The molecule has 0 aliphatic heterocycles. The highest BCUT2D eigenvalue weighted by atomic mass is 35.5. The number of hydrogen-bond donors (Lipinski definition) is 0. The summed E-state index contributed by atoms with van der Waals surface area (Å²) in [6, 6.07) is 14.8. The Hall–Kier alpha value is -1.53. The van der Waals surface area contributed by atoms with E-state index in [9.17, 15) is 0 Å². The predicted molar refractivity (Wildman–Crippen MR) is 90.2 cm³/mol. The summed E-state index contributed by atoms with van der Waals surface area (Å²) in [5.74, 6) is 0. The smallest absolute Gasteiger partial charge is 0.0412 e. The Bertz CT molecular complexity index is 594. The van der Waals surface area contributed by atoms with E-state index in [0.29, 0.717) is 0 Å². The fourth-order valence-electron chi connectivity index (χ4n) is 2.36. The van der Waals surface area contributed by atoms with Crippen LogP contribution in [0.4, 0.5) is 0 Å². The van der Waals surface area contributed by atoms with Gasteiger partial charge in [0.25, 0.3) is 0 Å². The molecule has 1 heteroatoms. The first-order valence-corrected chi connectivity index (χ1v) is 7.54. The highest BCUT2D eigenvalue weighted by Crippen LogP contribution is 2.31. The molecule has 0 amide bonds. The predicted octanol–water partition coefficient (Wildman–Crippen LogP) is 6.38. The number of halogens is 1. The van der Waals surface area contributed by atoms with Gasteiger partial charge in [-0.25, -0.2) is 0 Å². The summed E-state index contributed by atoms with van der Waals surface area (Å²) in [5, 5.41) is 0.764. The van der Waals surface area contributed by atoms with Crippen molar-refractivity contribution in [3.8, 4) is 11.1 Å². The van der Waals surface area contributed by atoms with Crippen molar-refractivity contribution in [2.45, 2.75) is 33.1 Å². The van der Waals surface area contributed by atoms with Crippen molar-refractivity contribution in [1.29, 1.82) is 0 Å². The van der Waals surface area contributed by atoms with Crippen LogP contribution in [0.5, 0.6) is 0 Å². The highest BCUT2D eigenvalue weighted by molar-refractivity contribution is 6.31. The van der Waals surface area contributed by atoms with Gasteiger partial charge in [-0.1, -0.05) is 67.4 Å². The molecule has 0 fully saturated rings. The molecule has 0 heterocycles. The minimum Gasteiger partial charge on any atom is -0.0955 e. The number of benzene rings is 2. The molecule has 104 valence electrons. The largest absolute Gasteiger partial charge is 0.0955 e. The van der Waals surface area contributed by atoms with Gasteiger partial charge in [0.05, 0.1) is 0 Å². The Morgan fingerprint density at radius 1 is 1.10 bits per heavy atom. The normalized spacial score (nSPS) is 10.6. The lowest BCUT2D eigenvalue weighted by Gasteiger charge is -2.11. The van der Waals surface area contributed by atoms with Gasteiger partial charge in [-0.3, -0.25) is 0 Å². The van der Waals surface area contributed by atoms with Crippen LogP contribution < -0.4 is 0 Å². The maximum atomic E-state index is 6.14. The summed E-state index contributed by atoms with van der Waals surface area (Å²) in [6.45, 7) is 8.31. The van der Waals surface area contributed by atoms with Crippen molar-refractivity contribution >= 4 is 17.2 Å². The molecule has 0 N–H and O–H groups in total. The topological polar surface area (TPSA) is 0 Å². The van der Waals surface area contributed by atoms with Crippen molar-refractivity contribution in [1.82, 2.24) is 0 Å². The van der Waals surface area contributed by atoms with E-state index in [-0.39, 0.29) is 0 Å². The Kier molecular flexibility index (Phi) is 5.03. The second-order valence-corrected chi connectivity index (χ2v) is 5.71. The van der Waals surface area contributed by atoms with Gasteiger partial charge in [0.15, 0.2) is 0 Å². The molecular weight excluding hydrogens is 264 g/mol. The zero-order chi connectivity index (χ0) is 14.5. The van der Waals surface area contributed by atoms with Crippen LogP contribution >= 0.6 is 11.6 Å². The van der Waals surface area contributed by atoms with Crippen molar-refractivity contribution in [3.05, 3.63) is 65.2 Å². The summed E-state index contributed by atoms with van der Waals surface area (Å²) < 4.78 is 0. The van der Waals surface area contributed by atoms with Gasteiger partial charge < -0.3 is 0 Å². The average Bonchev–Trinajstić information content (AvgIpc) is 2.45. The minimum absolute atomic E-state index is 0.764. The first-order valence-electron chi connectivity index (χ1n) is 7.16. The van der Waals surface area contributed by atoms with E-state index in [4.69, 9.17) is 11.6 Å². The minimum atomic E-state index is 0.764. The number of hydrogen-bond acceptors (Lipinski definition) is 0.